The number of alkyl carbamates (subject to hydrolysis) is 1. The summed E-state index contributed by atoms with van der Waals surface area (Å²) < 4.78 is 5.53. The molecule has 8 heteroatoms. The van der Waals surface area contributed by atoms with Crippen LogP contribution in [0.2, 0.25) is 0 Å². The number of aliphatic carboxylic acids is 1. The first kappa shape index (κ1) is 28.1. The number of aliphatic hydroxyl groups excluding tert-OH is 1. The number of hydrogen-bond donors (Lipinski definition) is 3. The van der Waals surface area contributed by atoms with Gasteiger partial charge in [-0.1, -0.05) is 62.4 Å². The van der Waals surface area contributed by atoms with Gasteiger partial charge >= 0.3 is 12.1 Å². The van der Waals surface area contributed by atoms with Crippen LogP contribution in [0.15, 0.2) is 64.9 Å². The molecule has 39 heavy (non-hydrogen) atoms. The quantitative estimate of drug-likeness (QED) is 0.262. The average Bonchev–Trinajstić information content (AvgIpc) is 3.19. The van der Waals surface area contributed by atoms with Crippen molar-refractivity contribution in [2.24, 2.45) is 10.4 Å². The molecule has 0 radical (unpaired) electrons. The molecule has 2 aliphatic carbocycles. The third kappa shape index (κ3) is 6.56. The molecule has 1 atom stereocenters. The Hall–Kier alpha value is -3.94. The lowest BCUT2D eigenvalue weighted by atomic mass is 9.75. The number of fused-ring (bicyclic) bond motifs is 3. The predicted octanol–water partition coefficient (Wildman–Crippen LogP) is 5.81. The van der Waals surface area contributed by atoms with Gasteiger partial charge in [0.25, 0.3) is 0 Å². The van der Waals surface area contributed by atoms with E-state index in [-0.39, 0.29) is 53.6 Å². The van der Waals surface area contributed by atoms with Crippen molar-refractivity contribution < 1.29 is 29.3 Å². The third-order valence-electron chi connectivity index (χ3n) is 7.37. The molecule has 4 rings (SSSR count). The minimum absolute atomic E-state index is 0.0164. The van der Waals surface area contributed by atoms with Gasteiger partial charge in [0, 0.05) is 31.0 Å². The largest absolute Gasteiger partial charge is 0.511 e. The maximum atomic E-state index is 12.5. The van der Waals surface area contributed by atoms with Crippen LogP contribution >= 0.6 is 0 Å². The number of amides is 1. The number of rotatable bonds is 10. The number of unbranched alkanes of at least 4 members (excludes halogenated alkanes) is 1. The Morgan fingerprint density at radius 2 is 1.67 bits per heavy atom. The summed E-state index contributed by atoms with van der Waals surface area (Å²) in [5, 5.41) is 22.8. The van der Waals surface area contributed by atoms with Gasteiger partial charge in [0.2, 0.25) is 0 Å². The second-order valence-electron chi connectivity index (χ2n) is 11.1. The van der Waals surface area contributed by atoms with Crippen LogP contribution in [0.25, 0.3) is 11.1 Å². The summed E-state index contributed by atoms with van der Waals surface area (Å²) in [6.07, 6.45) is 1.40. The fourth-order valence-electron chi connectivity index (χ4n) is 5.54. The van der Waals surface area contributed by atoms with Crippen molar-refractivity contribution in [3.05, 3.63) is 71.0 Å². The number of benzene rings is 2. The van der Waals surface area contributed by atoms with Gasteiger partial charge in [0.1, 0.15) is 18.4 Å². The molecule has 206 valence electrons. The Balaban J connectivity index is 1.24. The molecule has 0 bridgehead atoms. The molecule has 0 saturated carbocycles. The molecular weight excluding hydrogens is 496 g/mol. The highest BCUT2D eigenvalue weighted by atomic mass is 16.5. The summed E-state index contributed by atoms with van der Waals surface area (Å²) in [6.45, 7) is 5.94. The molecule has 0 saturated heterocycles. The number of hydrogen-bond acceptors (Lipinski definition) is 6. The third-order valence-corrected chi connectivity index (χ3v) is 7.37. The molecule has 2 aliphatic rings. The number of carboxylic acids is 1. The fourth-order valence-corrected chi connectivity index (χ4v) is 5.54. The van der Waals surface area contributed by atoms with Crippen LogP contribution < -0.4 is 5.32 Å². The van der Waals surface area contributed by atoms with E-state index in [1.165, 1.54) is 0 Å². The average molecular weight is 533 g/mol. The molecule has 2 aromatic rings. The van der Waals surface area contributed by atoms with Crippen molar-refractivity contribution in [2.45, 2.75) is 64.8 Å². The van der Waals surface area contributed by atoms with Gasteiger partial charge in [-0.15, -0.1) is 0 Å². The minimum Gasteiger partial charge on any atom is -0.511 e. The molecule has 0 heterocycles. The fraction of sp³-hybridized carbons (Fsp3) is 0.419. The topological polar surface area (TPSA) is 125 Å². The number of nitrogens with zero attached hydrogens (tertiary/aromatic N) is 1. The predicted molar refractivity (Wildman–Crippen MR) is 149 cm³/mol. The van der Waals surface area contributed by atoms with Crippen LogP contribution in [0.5, 0.6) is 0 Å². The van der Waals surface area contributed by atoms with Gasteiger partial charge in [0.15, 0.2) is 5.78 Å². The summed E-state index contributed by atoms with van der Waals surface area (Å²) in [4.78, 5) is 40.9. The molecule has 0 aliphatic heterocycles. The van der Waals surface area contributed by atoms with Crippen molar-refractivity contribution in [1.29, 1.82) is 0 Å². The molecule has 3 N–H and O–H groups in total. The highest BCUT2D eigenvalue weighted by Gasteiger charge is 2.34. The number of aliphatic imine (C=N–C) groups is 1. The Kier molecular flexibility index (Phi) is 8.53. The smallest absolute Gasteiger partial charge is 0.407 e. The van der Waals surface area contributed by atoms with E-state index in [9.17, 15) is 24.6 Å². The Bertz CT molecular complexity index is 1280. The maximum absolute atomic E-state index is 12.5. The van der Waals surface area contributed by atoms with Crippen LogP contribution in [0.3, 0.4) is 0 Å². The van der Waals surface area contributed by atoms with E-state index in [1.54, 1.807) is 6.92 Å². The molecule has 8 nitrogen and oxygen atoms in total. The van der Waals surface area contributed by atoms with Crippen LogP contribution in [-0.4, -0.2) is 53.0 Å². The molecule has 2 aromatic carbocycles. The molecule has 1 amide bonds. The summed E-state index contributed by atoms with van der Waals surface area (Å²) >= 11 is 0. The zero-order valence-corrected chi connectivity index (χ0v) is 22.7. The number of Topliss-reactive ketones (excluding diaryl/α,β-unsaturated/α-hetero) is 1. The number of carbonyl (C=O) groups is 3. The van der Waals surface area contributed by atoms with Crippen LogP contribution in [0, 0.1) is 5.41 Å². The second-order valence-corrected chi connectivity index (χ2v) is 11.1. The Morgan fingerprint density at radius 1 is 1.05 bits per heavy atom. The normalized spacial score (nSPS) is 17.4. The van der Waals surface area contributed by atoms with E-state index in [1.807, 2.05) is 38.1 Å². The lowest BCUT2D eigenvalue weighted by molar-refractivity contribution is -0.138. The summed E-state index contributed by atoms with van der Waals surface area (Å²) in [5.41, 5.74) is 4.66. The second kappa shape index (κ2) is 11.8. The minimum atomic E-state index is -1.09. The van der Waals surface area contributed by atoms with Gasteiger partial charge in [-0.05, 0) is 53.9 Å². The zero-order valence-electron chi connectivity index (χ0n) is 22.7. The van der Waals surface area contributed by atoms with Crippen molar-refractivity contribution in [3.8, 4) is 11.1 Å². The molecule has 0 spiro atoms. The molecular formula is C31H36N2O6. The van der Waals surface area contributed by atoms with E-state index in [2.05, 4.69) is 34.6 Å². The SMILES string of the molecule is CC(=N[C@@H](CCCCNC(=O)OCC1c2ccccc2-c2ccccc21)C(=O)O)C1=C(O)CC(C)(C)CC1=O. The van der Waals surface area contributed by atoms with Crippen molar-refractivity contribution in [2.75, 3.05) is 13.2 Å². The number of nitrogens with one attached hydrogen (secondary N) is 1. The number of aliphatic hydroxyl groups is 1. The highest BCUT2D eigenvalue weighted by Crippen LogP contribution is 2.44. The molecule has 0 fully saturated rings. The zero-order chi connectivity index (χ0) is 28.2. The van der Waals surface area contributed by atoms with Crippen LogP contribution in [0.4, 0.5) is 4.79 Å². The lowest BCUT2D eigenvalue weighted by Crippen LogP contribution is -2.30. The van der Waals surface area contributed by atoms with Crippen LogP contribution in [0.1, 0.15) is 69.9 Å². The van der Waals surface area contributed by atoms with Crippen molar-refractivity contribution >= 4 is 23.6 Å². The first-order valence-corrected chi connectivity index (χ1v) is 13.4. The maximum Gasteiger partial charge on any atom is 0.407 e. The van der Waals surface area contributed by atoms with Gasteiger partial charge in [-0.25, -0.2) is 9.59 Å². The van der Waals surface area contributed by atoms with Crippen molar-refractivity contribution in [3.63, 3.8) is 0 Å². The van der Waals surface area contributed by atoms with Crippen LogP contribution in [-0.2, 0) is 14.3 Å². The number of allylic oxidation sites excluding steroid dienone is 2. The van der Waals surface area contributed by atoms with E-state index >= 15 is 0 Å². The number of ether oxygens (including phenoxy) is 1. The van der Waals surface area contributed by atoms with Crippen molar-refractivity contribution in [1.82, 2.24) is 5.32 Å². The van der Waals surface area contributed by atoms with E-state index < -0.39 is 18.1 Å². The van der Waals surface area contributed by atoms with Gasteiger partial charge in [0.05, 0.1) is 5.57 Å². The number of carbonyl (C=O) groups excluding carboxylic acids is 2. The highest BCUT2D eigenvalue weighted by molar-refractivity contribution is 6.22. The standard InChI is InChI=1S/C31H36N2O6/c1-19(28-26(34)16-31(2,3)17-27(28)35)33-25(29(36)37)14-8-9-15-32-30(38)39-18-24-22-12-6-4-10-20(22)21-11-5-7-13-23(21)24/h4-7,10-13,24-25,34H,8-9,14-18H2,1-3H3,(H,32,38)(H,36,37)/t25-/m0/s1. The van der Waals surface area contributed by atoms with E-state index in [0.717, 1.165) is 22.3 Å². The van der Waals surface area contributed by atoms with Gasteiger partial charge in [-0.3, -0.25) is 9.79 Å². The summed E-state index contributed by atoms with van der Waals surface area (Å²) in [5.74, 6) is -1.37. The monoisotopic (exact) mass is 532 g/mol. The summed E-state index contributed by atoms with van der Waals surface area (Å²) in [6, 6.07) is 15.2. The van der Waals surface area contributed by atoms with E-state index in [4.69, 9.17) is 4.74 Å². The first-order chi connectivity index (χ1) is 18.6. The molecule has 0 unspecified atom stereocenters. The first-order valence-electron chi connectivity index (χ1n) is 13.4. The summed E-state index contributed by atoms with van der Waals surface area (Å²) in [7, 11) is 0. The number of ketones is 1. The van der Waals surface area contributed by atoms with Gasteiger partial charge < -0.3 is 20.3 Å². The van der Waals surface area contributed by atoms with E-state index in [0.29, 0.717) is 25.8 Å². The number of carboxylic acid groups (broad SMARTS) is 1. The lowest BCUT2D eigenvalue weighted by Gasteiger charge is -2.29. The van der Waals surface area contributed by atoms with Gasteiger partial charge in [-0.2, -0.15) is 0 Å². The Labute approximate surface area is 228 Å². The molecule has 0 aromatic heterocycles. The Morgan fingerprint density at radius 3 is 2.26 bits per heavy atom.